The number of anilines is 2. The van der Waals surface area contributed by atoms with Crippen molar-refractivity contribution in [3.8, 4) is 5.75 Å². The quantitative estimate of drug-likeness (QED) is 0.768. The number of nitrogens with zero attached hydrogens (tertiary/aromatic N) is 1. The van der Waals surface area contributed by atoms with E-state index in [2.05, 4.69) is 67.4 Å². The summed E-state index contributed by atoms with van der Waals surface area (Å²) in [7, 11) is 0. The van der Waals surface area contributed by atoms with Crippen LogP contribution in [-0.4, -0.2) is 25.2 Å². The first kappa shape index (κ1) is 16.7. The zero-order valence-corrected chi connectivity index (χ0v) is 15.0. The molecule has 1 N–H and O–H groups in total. The van der Waals surface area contributed by atoms with E-state index in [1.807, 2.05) is 12.1 Å². The molecular weight excluding hydrogens is 296 g/mol. The summed E-state index contributed by atoms with van der Waals surface area (Å²) in [5, 5.41) is 3.63. The Morgan fingerprint density at radius 3 is 2.75 bits per heavy atom. The van der Waals surface area contributed by atoms with Gasteiger partial charge in [-0.25, -0.2) is 0 Å². The molecule has 0 bridgehead atoms. The van der Waals surface area contributed by atoms with Gasteiger partial charge in [0.25, 0.3) is 0 Å². The standard InChI is InChI=1S/C21H28N2O/c1-17-9-8-10-18(15-17)24-14-7-6-13-23-16-21(2,3)22-19-11-4-5-12-20(19)23/h4-5,8-12,15,22H,6-7,13-14,16H2,1-3H3. The summed E-state index contributed by atoms with van der Waals surface area (Å²) in [5.74, 6) is 0.976. The molecule has 3 heteroatoms. The molecule has 0 fully saturated rings. The lowest BCUT2D eigenvalue weighted by atomic mass is 9.99. The maximum atomic E-state index is 5.86. The van der Waals surface area contributed by atoms with Crippen LogP contribution < -0.4 is 15.0 Å². The van der Waals surface area contributed by atoms with Gasteiger partial charge in [-0.2, -0.15) is 0 Å². The van der Waals surface area contributed by atoms with Crippen LogP contribution in [-0.2, 0) is 0 Å². The predicted octanol–water partition coefficient (Wildman–Crippen LogP) is 4.86. The Labute approximate surface area is 145 Å². The van der Waals surface area contributed by atoms with Crippen LogP contribution in [0.4, 0.5) is 11.4 Å². The number of para-hydroxylation sites is 2. The van der Waals surface area contributed by atoms with Crippen molar-refractivity contribution in [1.82, 2.24) is 0 Å². The highest BCUT2D eigenvalue weighted by atomic mass is 16.5. The first-order valence-electron chi connectivity index (χ1n) is 8.85. The Kier molecular flexibility index (Phi) is 4.98. The van der Waals surface area contributed by atoms with Crippen molar-refractivity contribution >= 4 is 11.4 Å². The molecule has 24 heavy (non-hydrogen) atoms. The number of nitrogens with one attached hydrogen (secondary N) is 1. The molecule has 0 amide bonds. The van der Waals surface area contributed by atoms with Crippen molar-refractivity contribution in [3.05, 3.63) is 54.1 Å². The topological polar surface area (TPSA) is 24.5 Å². The van der Waals surface area contributed by atoms with Gasteiger partial charge in [-0.1, -0.05) is 24.3 Å². The Bertz CT molecular complexity index is 681. The lowest BCUT2D eigenvalue weighted by Crippen LogP contribution is -2.48. The van der Waals surface area contributed by atoms with Crippen LogP contribution in [0.2, 0.25) is 0 Å². The van der Waals surface area contributed by atoms with Crippen molar-refractivity contribution in [3.63, 3.8) is 0 Å². The Balaban J connectivity index is 1.50. The van der Waals surface area contributed by atoms with E-state index >= 15 is 0 Å². The van der Waals surface area contributed by atoms with Gasteiger partial charge in [-0.3, -0.25) is 0 Å². The van der Waals surface area contributed by atoms with E-state index in [9.17, 15) is 0 Å². The molecule has 0 saturated carbocycles. The number of fused-ring (bicyclic) bond motifs is 1. The van der Waals surface area contributed by atoms with Crippen molar-refractivity contribution in [2.75, 3.05) is 29.9 Å². The van der Waals surface area contributed by atoms with E-state index in [1.165, 1.54) is 16.9 Å². The van der Waals surface area contributed by atoms with Gasteiger partial charge in [0.1, 0.15) is 5.75 Å². The first-order valence-corrected chi connectivity index (χ1v) is 8.85. The first-order chi connectivity index (χ1) is 11.5. The summed E-state index contributed by atoms with van der Waals surface area (Å²) >= 11 is 0. The van der Waals surface area contributed by atoms with E-state index in [0.717, 1.165) is 38.3 Å². The van der Waals surface area contributed by atoms with Gasteiger partial charge in [0, 0.05) is 18.6 Å². The number of hydrogen-bond acceptors (Lipinski definition) is 3. The fraction of sp³-hybridized carbons (Fsp3) is 0.429. The molecule has 128 valence electrons. The van der Waals surface area contributed by atoms with Crippen LogP contribution in [0.5, 0.6) is 5.75 Å². The van der Waals surface area contributed by atoms with Crippen LogP contribution >= 0.6 is 0 Å². The number of aryl methyl sites for hydroxylation is 1. The second-order valence-corrected chi connectivity index (χ2v) is 7.32. The van der Waals surface area contributed by atoms with Crippen LogP contribution in [0.3, 0.4) is 0 Å². The maximum Gasteiger partial charge on any atom is 0.119 e. The van der Waals surface area contributed by atoms with Gasteiger partial charge in [0.15, 0.2) is 0 Å². The molecule has 3 rings (SSSR count). The van der Waals surface area contributed by atoms with Crippen LogP contribution in [0.15, 0.2) is 48.5 Å². The van der Waals surface area contributed by atoms with Crippen LogP contribution in [0.1, 0.15) is 32.3 Å². The molecule has 0 unspecified atom stereocenters. The molecule has 0 radical (unpaired) electrons. The summed E-state index contributed by atoms with van der Waals surface area (Å²) in [6.45, 7) is 9.49. The molecule has 2 aromatic rings. The van der Waals surface area contributed by atoms with E-state index in [4.69, 9.17) is 4.74 Å². The zero-order valence-electron chi connectivity index (χ0n) is 15.0. The number of rotatable bonds is 6. The summed E-state index contributed by atoms with van der Waals surface area (Å²) in [5.41, 5.74) is 3.90. The zero-order chi connectivity index (χ0) is 17.0. The lowest BCUT2D eigenvalue weighted by Gasteiger charge is -2.42. The van der Waals surface area contributed by atoms with Gasteiger partial charge in [0.2, 0.25) is 0 Å². The van der Waals surface area contributed by atoms with Crippen molar-refractivity contribution in [2.24, 2.45) is 0 Å². The number of hydrogen-bond donors (Lipinski definition) is 1. The molecule has 1 aliphatic rings. The number of ether oxygens (including phenoxy) is 1. The summed E-state index contributed by atoms with van der Waals surface area (Å²) in [4.78, 5) is 2.50. The fourth-order valence-electron chi connectivity index (χ4n) is 3.32. The third-order valence-corrected chi connectivity index (χ3v) is 4.38. The van der Waals surface area contributed by atoms with Crippen LogP contribution in [0.25, 0.3) is 0 Å². The maximum absolute atomic E-state index is 5.86. The van der Waals surface area contributed by atoms with Gasteiger partial charge in [-0.05, 0) is 63.4 Å². The third kappa shape index (κ3) is 4.22. The molecule has 3 nitrogen and oxygen atoms in total. The summed E-state index contributed by atoms with van der Waals surface area (Å²) in [6, 6.07) is 16.9. The number of unbranched alkanes of at least 4 members (excludes halogenated alkanes) is 1. The van der Waals surface area contributed by atoms with Crippen molar-refractivity contribution < 1.29 is 4.74 Å². The van der Waals surface area contributed by atoms with E-state index < -0.39 is 0 Å². The van der Waals surface area contributed by atoms with E-state index in [0.29, 0.717) is 0 Å². The minimum atomic E-state index is 0.104. The Morgan fingerprint density at radius 1 is 1.08 bits per heavy atom. The van der Waals surface area contributed by atoms with Crippen LogP contribution in [0, 0.1) is 6.92 Å². The van der Waals surface area contributed by atoms with Crippen molar-refractivity contribution in [2.45, 2.75) is 39.2 Å². The molecule has 0 atom stereocenters. The Morgan fingerprint density at radius 2 is 1.92 bits per heavy atom. The minimum absolute atomic E-state index is 0.104. The SMILES string of the molecule is Cc1cccc(OCCCCN2CC(C)(C)Nc3ccccc32)c1. The smallest absolute Gasteiger partial charge is 0.119 e. The van der Waals surface area contributed by atoms with E-state index in [-0.39, 0.29) is 5.54 Å². The largest absolute Gasteiger partial charge is 0.494 e. The Hall–Kier alpha value is -2.16. The summed E-state index contributed by atoms with van der Waals surface area (Å²) in [6.07, 6.45) is 2.21. The fourth-order valence-corrected chi connectivity index (χ4v) is 3.32. The van der Waals surface area contributed by atoms with Gasteiger partial charge >= 0.3 is 0 Å². The molecule has 0 aliphatic carbocycles. The highest BCUT2D eigenvalue weighted by Gasteiger charge is 2.28. The molecular formula is C21H28N2O. The molecule has 0 saturated heterocycles. The normalized spacial score (nSPS) is 15.5. The lowest BCUT2D eigenvalue weighted by molar-refractivity contribution is 0.306. The van der Waals surface area contributed by atoms with Gasteiger partial charge in [0.05, 0.1) is 18.0 Å². The third-order valence-electron chi connectivity index (χ3n) is 4.38. The molecule has 1 aliphatic heterocycles. The minimum Gasteiger partial charge on any atom is -0.494 e. The molecule has 0 spiro atoms. The second kappa shape index (κ2) is 7.16. The van der Waals surface area contributed by atoms with Gasteiger partial charge in [-0.15, -0.1) is 0 Å². The average Bonchev–Trinajstić information content (AvgIpc) is 2.53. The average molecular weight is 324 g/mol. The van der Waals surface area contributed by atoms with Gasteiger partial charge < -0.3 is 15.0 Å². The molecule has 2 aromatic carbocycles. The second-order valence-electron chi connectivity index (χ2n) is 7.32. The predicted molar refractivity (Wildman–Crippen MR) is 102 cm³/mol. The summed E-state index contributed by atoms with van der Waals surface area (Å²) < 4.78 is 5.86. The molecule has 0 aromatic heterocycles. The van der Waals surface area contributed by atoms with Crippen molar-refractivity contribution in [1.29, 1.82) is 0 Å². The highest BCUT2D eigenvalue weighted by molar-refractivity contribution is 5.73. The van der Waals surface area contributed by atoms with E-state index in [1.54, 1.807) is 0 Å². The highest BCUT2D eigenvalue weighted by Crippen LogP contribution is 2.34. The monoisotopic (exact) mass is 324 g/mol. The molecule has 1 heterocycles. The number of benzene rings is 2.